The number of nitrogens with zero attached hydrogens (tertiary/aromatic N) is 1. The molecule has 0 radical (unpaired) electrons. The van der Waals surface area contributed by atoms with Crippen LogP contribution in [0.25, 0.3) is 10.9 Å². The minimum Gasteiger partial charge on any atom is -0.435 e. The van der Waals surface area contributed by atoms with Crippen molar-refractivity contribution < 1.29 is 18.3 Å². The van der Waals surface area contributed by atoms with E-state index in [9.17, 15) is 13.6 Å². The van der Waals surface area contributed by atoms with Gasteiger partial charge >= 0.3 is 6.61 Å². The van der Waals surface area contributed by atoms with Gasteiger partial charge in [-0.1, -0.05) is 23.8 Å². The zero-order valence-corrected chi connectivity index (χ0v) is 13.9. The van der Waals surface area contributed by atoms with E-state index in [2.05, 4.69) is 9.72 Å². The molecule has 0 bridgehead atoms. The van der Waals surface area contributed by atoms with Gasteiger partial charge in [-0.05, 0) is 42.8 Å². The van der Waals surface area contributed by atoms with E-state index in [1.165, 1.54) is 12.1 Å². The van der Waals surface area contributed by atoms with Gasteiger partial charge in [0.2, 0.25) is 0 Å². The summed E-state index contributed by atoms with van der Waals surface area (Å²) in [7, 11) is 1.70. The van der Waals surface area contributed by atoms with Crippen molar-refractivity contribution in [2.24, 2.45) is 0 Å². The van der Waals surface area contributed by atoms with E-state index in [-0.39, 0.29) is 11.7 Å². The molecule has 3 aromatic rings. The minimum absolute atomic E-state index is 0.0960. The van der Waals surface area contributed by atoms with Crippen molar-refractivity contribution >= 4 is 16.8 Å². The van der Waals surface area contributed by atoms with Crippen LogP contribution in [0.15, 0.2) is 48.5 Å². The summed E-state index contributed by atoms with van der Waals surface area (Å²) in [6.07, 6.45) is 0. The van der Waals surface area contributed by atoms with Crippen LogP contribution >= 0.6 is 0 Å². The molecule has 0 fully saturated rings. The zero-order valence-electron chi connectivity index (χ0n) is 13.9. The number of aromatic amines is 1. The Kier molecular flexibility index (Phi) is 4.70. The summed E-state index contributed by atoms with van der Waals surface area (Å²) >= 11 is 0. The first kappa shape index (κ1) is 17.0. The van der Waals surface area contributed by atoms with Crippen molar-refractivity contribution in [1.82, 2.24) is 9.88 Å². The molecule has 0 atom stereocenters. The van der Waals surface area contributed by atoms with Crippen LogP contribution in [0.1, 0.15) is 21.6 Å². The Morgan fingerprint density at radius 2 is 1.88 bits per heavy atom. The summed E-state index contributed by atoms with van der Waals surface area (Å²) in [5.41, 5.74) is 3.38. The average Bonchev–Trinajstić information content (AvgIpc) is 2.98. The van der Waals surface area contributed by atoms with Crippen LogP contribution in [0.4, 0.5) is 8.78 Å². The van der Waals surface area contributed by atoms with Crippen LogP contribution in [-0.4, -0.2) is 29.5 Å². The Labute approximate surface area is 144 Å². The van der Waals surface area contributed by atoms with E-state index in [0.717, 1.165) is 22.0 Å². The Hall–Kier alpha value is -2.89. The van der Waals surface area contributed by atoms with Crippen molar-refractivity contribution in [2.45, 2.75) is 20.1 Å². The summed E-state index contributed by atoms with van der Waals surface area (Å²) in [6.45, 7) is -0.482. The molecule has 0 aliphatic heterocycles. The number of aryl methyl sites for hydroxylation is 1. The van der Waals surface area contributed by atoms with Gasteiger partial charge in [-0.3, -0.25) is 4.79 Å². The molecule has 0 saturated heterocycles. The number of amides is 1. The number of alkyl halides is 2. The van der Waals surface area contributed by atoms with Gasteiger partial charge in [-0.25, -0.2) is 0 Å². The third kappa shape index (κ3) is 3.96. The minimum atomic E-state index is -2.85. The first-order valence-corrected chi connectivity index (χ1v) is 7.81. The highest BCUT2D eigenvalue weighted by atomic mass is 19.3. The van der Waals surface area contributed by atoms with Crippen LogP contribution in [0.5, 0.6) is 5.75 Å². The van der Waals surface area contributed by atoms with E-state index in [1.807, 2.05) is 31.2 Å². The van der Waals surface area contributed by atoms with Crippen LogP contribution < -0.4 is 4.74 Å². The number of carbonyl (C=O) groups excluding carboxylic acids is 1. The van der Waals surface area contributed by atoms with Gasteiger partial charge in [0.05, 0.1) is 0 Å². The number of fused-ring (bicyclic) bond motifs is 1. The number of rotatable bonds is 5. The van der Waals surface area contributed by atoms with Crippen LogP contribution in [0.3, 0.4) is 0 Å². The number of aromatic nitrogens is 1. The van der Waals surface area contributed by atoms with E-state index in [4.69, 9.17) is 0 Å². The predicted molar refractivity (Wildman–Crippen MR) is 91.9 cm³/mol. The molecule has 25 heavy (non-hydrogen) atoms. The molecule has 1 aromatic heterocycles. The maximum absolute atomic E-state index is 12.6. The number of benzene rings is 2. The lowest BCUT2D eigenvalue weighted by Gasteiger charge is -2.16. The Balaban J connectivity index is 1.71. The summed E-state index contributed by atoms with van der Waals surface area (Å²) in [5, 5.41) is 0.991. The van der Waals surface area contributed by atoms with Gasteiger partial charge in [0.15, 0.2) is 0 Å². The number of ether oxygens (including phenoxy) is 1. The van der Waals surface area contributed by atoms with Gasteiger partial charge in [-0.15, -0.1) is 0 Å². The smallest absolute Gasteiger partial charge is 0.387 e. The molecule has 0 aliphatic carbocycles. The lowest BCUT2D eigenvalue weighted by molar-refractivity contribution is -0.0498. The lowest BCUT2D eigenvalue weighted by Crippen LogP contribution is -2.26. The largest absolute Gasteiger partial charge is 0.435 e. The van der Waals surface area contributed by atoms with Gasteiger partial charge in [0.25, 0.3) is 5.91 Å². The van der Waals surface area contributed by atoms with Crippen molar-refractivity contribution in [2.75, 3.05) is 7.05 Å². The topological polar surface area (TPSA) is 45.3 Å². The van der Waals surface area contributed by atoms with Crippen molar-refractivity contribution in [3.63, 3.8) is 0 Å². The van der Waals surface area contributed by atoms with Crippen LogP contribution in [-0.2, 0) is 6.54 Å². The predicted octanol–water partition coefficient (Wildman–Crippen LogP) is 4.35. The van der Waals surface area contributed by atoms with Gasteiger partial charge in [0.1, 0.15) is 11.4 Å². The molecule has 0 saturated carbocycles. The Morgan fingerprint density at radius 3 is 2.56 bits per heavy atom. The second-order valence-electron chi connectivity index (χ2n) is 5.96. The maximum atomic E-state index is 12.6. The highest BCUT2D eigenvalue weighted by Gasteiger charge is 2.15. The summed E-state index contributed by atoms with van der Waals surface area (Å²) in [6, 6.07) is 14.0. The number of H-pyrrole nitrogens is 1. The van der Waals surface area contributed by atoms with Gasteiger partial charge in [0, 0.05) is 24.5 Å². The van der Waals surface area contributed by atoms with Gasteiger partial charge in [-0.2, -0.15) is 8.78 Å². The van der Waals surface area contributed by atoms with E-state index in [0.29, 0.717) is 12.2 Å². The molecule has 1 N–H and O–H groups in total. The fraction of sp³-hybridized carbons (Fsp3) is 0.211. The van der Waals surface area contributed by atoms with Crippen molar-refractivity contribution in [3.8, 4) is 5.75 Å². The molecule has 0 unspecified atom stereocenters. The number of hydrogen-bond donors (Lipinski definition) is 1. The van der Waals surface area contributed by atoms with Crippen LogP contribution in [0, 0.1) is 6.92 Å². The van der Waals surface area contributed by atoms with Crippen molar-refractivity contribution in [1.29, 1.82) is 0 Å². The molecular weight excluding hydrogens is 326 g/mol. The Morgan fingerprint density at radius 1 is 1.16 bits per heavy atom. The summed E-state index contributed by atoms with van der Waals surface area (Å²) in [4.78, 5) is 17.3. The van der Waals surface area contributed by atoms with E-state index >= 15 is 0 Å². The third-order valence-electron chi connectivity index (χ3n) is 3.92. The standard InChI is InChI=1S/C19H18F2N2O2/c1-12-3-8-16-14(9-12)10-17(22-16)18(24)23(2)11-13-4-6-15(7-5-13)25-19(20)21/h3-10,19,22H,11H2,1-2H3. The molecule has 4 nitrogen and oxygen atoms in total. The zero-order chi connectivity index (χ0) is 18.0. The molecule has 0 spiro atoms. The summed E-state index contributed by atoms with van der Waals surface area (Å²) < 4.78 is 28.6. The Bertz CT molecular complexity index is 888. The molecule has 1 amide bonds. The molecule has 0 aliphatic rings. The molecule has 3 rings (SSSR count). The normalized spacial score (nSPS) is 11.1. The molecule has 130 valence electrons. The monoisotopic (exact) mass is 344 g/mol. The van der Waals surface area contributed by atoms with E-state index in [1.54, 1.807) is 24.1 Å². The number of nitrogens with one attached hydrogen (secondary N) is 1. The lowest BCUT2D eigenvalue weighted by atomic mass is 10.2. The third-order valence-corrected chi connectivity index (χ3v) is 3.92. The number of carbonyl (C=O) groups is 1. The first-order valence-electron chi connectivity index (χ1n) is 7.81. The number of hydrogen-bond acceptors (Lipinski definition) is 2. The summed E-state index contributed by atoms with van der Waals surface area (Å²) in [5.74, 6) is -0.0412. The quantitative estimate of drug-likeness (QED) is 0.748. The highest BCUT2D eigenvalue weighted by Crippen LogP contribution is 2.19. The molecular formula is C19H18F2N2O2. The average molecular weight is 344 g/mol. The van der Waals surface area contributed by atoms with Crippen molar-refractivity contribution in [3.05, 3.63) is 65.4 Å². The first-order chi connectivity index (χ1) is 11.9. The molecule has 2 aromatic carbocycles. The van der Waals surface area contributed by atoms with E-state index < -0.39 is 6.61 Å². The second kappa shape index (κ2) is 6.93. The second-order valence-corrected chi connectivity index (χ2v) is 5.96. The number of halogens is 2. The highest BCUT2D eigenvalue weighted by molar-refractivity contribution is 5.98. The fourth-order valence-electron chi connectivity index (χ4n) is 2.69. The molecule has 6 heteroatoms. The molecule has 1 heterocycles. The van der Waals surface area contributed by atoms with Crippen LogP contribution in [0.2, 0.25) is 0 Å². The SMILES string of the molecule is Cc1ccc2[nH]c(C(=O)N(C)Cc3ccc(OC(F)F)cc3)cc2c1. The van der Waals surface area contributed by atoms with Gasteiger partial charge < -0.3 is 14.6 Å². The maximum Gasteiger partial charge on any atom is 0.387 e. The fourth-order valence-corrected chi connectivity index (χ4v) is 2.69.